The molecular weight excluding hydrogens is 304 g/mol. The van der Waals surface area contributed by atoms with Crippen molar-refractivity contribution in [2.45, 2.75) is 19.4 Å². The summed E-state index contributed by atoms with van der Waals surface area (Å²) in [7, 11) is 0. The molecule has 0 saturated heterocycles. The van der Waals surface area contributed by atoms with Gasteiger partial charge in [0, 0.05) is 11.6 Å². The van der Waals surface area contributed by atoms with Crippen molar-refractivity contribution in [3.8, 4) is 11.8 Å². The zero-order valence-corrected chi connectivity index (χ0v) is 11.8. The number of benzene rings is 1. The second-order valence-electron chi connectivity index (χ2n) is 3.78. The number of rotatable bonds is 3. The van der Waals surface area contributed by atoms with Crippen molar-refractivity contribution >= 4 is 28.3 Å². The van der Waals surface area contributed by atoms with Gasteiger partial charge in [-0.1, -0.05) is 5.57 Å². The van der Waals surface area contributed by atoms with Gasteiger partial charge in [-0.25, -0.2) is 0 Å². The molecule has 92 valence electrons. The van der Waals surface area contributed by atoms with Gasteiger partial charge in [0.15, 0.2) is 0 Å². The van der Waals surface area contributed by atoms with Crippen molar-refractivity contribution in [2.24, 2.45) is 5.73 Å². The molecule has 0 aliphatic heterocycles. The maximum Gasteiger partial charge on any atom is 0.134 e. The van der Waals surface area contributed by atoms with Gasteiger partial charge in [-0.3, -0.25) is 0 Å². The third-order valence-corrected chi connectivity index (χ3v) is 2.79. The van der Waals surface area contributed by atoms with Crippen molar-refractivity contribution in [1.29, 1.82) is 5.26 Å². The Hall–Kier alpha value is -1.02. The number of phenols is 1. The number of hydrogen-bond donors (Lipinski definition) is 2. The summed E-state index contributed by atoms with van der Waals surface area (Å²) in [6.07, 6.45) is 0.578. The van der Waals surface area contributed by atoms with E-state index in [0.29, 0.717) is 22.0 Å². The van der Waals surface area contributed by atoms with E-state index in [0.717, 1.165) is 5.57 Å². The van der Waals surface area contributed by atoms with E-state index in [1.165, 1.54) is 0 Å². The number of halogens is 2. The molecule has 0 amide bonds. The highest BCUT2D eigenvalue weighted by Gasteiger charge is 2.14. The van der Waals surface area contributed by atoms with E-state index in [1.807, 2.05) is 13.0 Å². The van der Waals surface area contributed by atoms with Crippen molar-refractivity contribution in [2.75, 3.05) is 0 Å². The van der Waals surface area contributed by atoms with Crippen LogP contribution in [0.4, 0.5) is 0 Å². The summed E-state index contributed by atoms with van der Waals surface area (Å²) in [6.45, 7) is 5.65. The van der Waals surface area contributed by atoms with E-state index < -0.39 is 0 Å². The maximum atomic E-state index is 9.83. The van der Waals surface area contributed by atoms with Gasteiger partial charge in [0.05, 0.1) is 16.1 Å². The average Bonchev–Trinajstić information content (AvgIpc) is 2.20. The number of nitriles is 1. The largest absolute Gasteiger partial charge is 0.506 e. The minimum atomic E-state index is -0.345. The Bertz CT molecular complexity index is 468. The van der Waals surface area contributed by atoms with Gasteiger partial charge in [0.1, 0.15) is 5.75 Å². The highest BCUT2D eigenvalue weighted by Crippen LogP contribution is 2.34. The predicted molar refractivity (Wildman–Crippen MR) is 74.1 cm³/mol. The standard InChI is InChI=1S/C12H13BrN2O.ClH/c1-7(2)3-11(15)9-4-8(6-14)5-10(13)12(9)16;/h4-5,11,16H,1,3,15H2,2H3;1H/t11-;/m0./s1. The lowest BCUT2D eigenvalue weighted by atomic mass is 9.98. The fourth-order valence-corrected chi connectivity index (χ4v) is 1.93. The van der Waals surface area contributed by atoms with Crippen LogP contribution in [0.2, 0.25) is 0 Å². The maximum absolute atomic E-state index is 9.83. The number of nitrogens with zero attached hydrogens (tertiary/aromatic N) is 1. The monoisotopic (exact) mass is 316 g/mol. The highest BCUT2D eigenvalue weighted by molar-refractivity contribution is 9.10. The molecule has 1 atom stereocenters. The van der Waals surface area contributed by atoms with Crippen LogP contribution in [0, 0.1) is 11.3 Å². The Morgan fingerprint density at radius 1 is 1.65 bits per heavy atom. The van der Waals surface area contributed by atoms with Gasteiger partial charge < -0.3 is 10.8 Å². The normalized spacial score (nSPS) is 11.2. The summed E-state index contributed by atoms with van der Waals surface area (Å²) >= 11 is 3.19. The van der Waals surface area contributed by atoms with Crippen LogP contribution in [0.25, 0.3) is 0 Å². The number of nitrogens with two attached hydrogens (primary N) is 1. The molecule has 17 heavy (non-hydrogen) atoms. The van der Waals surface area contributed by atoms with Crippen LogP contribution in [-0.4, -0.2) is 5.11 Å². The first-order valence-electron chi connectivity index (χ1n) is 4.78. The van der Waals surface area contributed by atoms with Crippen LogP contribution in [0.5, 0.6) is 5.75 Å². The first-order valence-corrected chi connectivity index (χ1v) is 5.57. The lowest BCUT2D eigenvalue weighted by Crippen LogP contribution is -2.11. The number of hydrogen-bond acceptors (Lipinski definition) is 3. The smallest absolute Gasteiger partial charge is 0.134 e. The summed E-state index contributed by atoms with van der Waals surface area (Å²) in [5.41, 5.74) is 7.91. The highest BCUT2D eigenvalue weighted by atomic mass is 79.9. The van der Waals surface area contributed by atoms with Crippen LogP contribution in [0.3, 0.4) is 0 Å². The molecule has 1 aromatic carbocycles. The molecule has 0 aliphatic rings. The quantitative estimate of drug-likeness (QED) is 0.839. The molecule has 3 nitrogen and oxygen atoms in total. The molecule has 0 aromatic heterocycles. The van der Waals surface area contributed by atoms with Gasteiger partial charge in [-0.15, -0.1) is 19.0 Å². The summed E-state index contributed by atoms with van der Waals surface area (Å²) in [6, 6.07) is 4.85. The van der Waals surface area contributed by atoms with Crippen molar-refractivity contribution in [3.63, 3.8) is 0 Å². The molecule has 0 spiro atoms. The number of phenolic OH excluding ortho intramolecular Hbond substituents is 1. The van der Waals surface area contributed by atoms with E-state index >= 15 is 0 Å². The predicted octanol–water partition coefficient (Wildman–Crippen LogP) is 3.41. The molecule has 0 radical (unpaired) electrons. The van der Waals surface area contributed by atoms with Gasteiger partial charge >= 0.3 is 0 Å². The summed E-state index contributed by atoms with van der Waals surface area (Å²) in [4.78, 5) is 0. The first kappa shape index (κ1) is 16.0. The number of aromatic hydroxyl groups is 1. The van der Waals surface area contributed by atoms with Crippen molar-refractivity contribution in [3.05, 3.63) is 39.9 Å². The summed E-state index contributed by atoms with van der Waals surface area (Å²) in [5, 5.41) is 18.7. The zero-order chi connectivity index (χ0) is 12.3. The Balaban J connectivity index is 0.00000256. The van der Waals surface area contributed by atoms with E-state index in [-0.39, 0.29) is 24.2 Å². The Kier molecular flexibility index (Phi) is 6.25. The molecule has 0 aliphatic carbocycles. The van der Waals surface area contributed by atoms with Crippen LogP contribution in [0.1, 0.15) is 30.5 Å². The SMILES string of the molecule is C=C(C)C[C@H](N)c1cc(C#N)cc(Br)c1O.Cl. The lowest BCUT2D eigenvalue weighted by molar-refractivity contribution is 0.457. The molecule has 0 heterocycles. The van der Waals surface area contributed by atoms with E-state index in [1.54, 1.807) is 12.1 Å². The minimum absolute atomic E-state index is 0. The van der Waals surface area contributed by atoms with Gasteiger partial charge in [-0.2, -0.15) is 5.26 Å². The zero-order valence-electron chi connectivity index (χ0n) is 9.40. The molecule has 0 fully saturated rings. The third-order valence-electron chi connectivity index (χ3n) is 2.19. The van der Waals surface area contributed by atoms with Gasteiger partial charge in [0.2, 0.25) is 0 Å². The van der Waals surface area contributed by atoms with E-state index in [2.05, 4.69) is 22.5 Å². The molecular formula is C12H14BrClN2O. The molecule has 0 bridgehead atoms. The van der Waals surface area contributed by atoms with Crippen LogP contribution in [-0.2, 0) is 0 Å². The molecule has 1 rings (SSSR count). The third kappa shape index (κ3) is 4.04. The topological polar surface area (TPSA) is 70.0 Å². The Morgan fingerprint density at radius 3 is 2.71 bits per heavy atom. The fourth-order valence-electron chi connectivity index (χ4n) is 1.45. The first-order chi connectivity index (χ1) is 7.45. The molecule has 3 N–H and O–H groups in total. The van der Waals surface area contributed by atoms with E-state index in [9.17, 15) is 5.11 Å². The molecule has 5 heteroatoms. The van der Waals surface area contributed by atoms with Gasteiger partial charge in [-0.05, 0) is 41.4 Å². The minimum Gasteiger partial charge on any atom is -0.506 e. The summed E-state index contributed by atoms with van der Waals surface area (Å²) < 4.78 is 0.485. The van der Waals surface area contributed by atoms with Gasteiger partial charge in [0.25, 0.3) is 0 Å². The fraction of sp³-hybridized carbons (Fsp3) is 0.250. The average molecular weight is 318 g/mol. The molecule has 0 saturated carbocycles. The van der Waals surface area contributed by atoms with E-state index in [4.69, 9.17) is 11.0 Å². The Labute approximate surface area is 115 Å². The van der Waals surface area contributed by atoms with Crippen LogP contribution >= 0.6 is 28.3 Å². The van der Waals surface area contributed by atoms with Crippen LogP contribution in [0.15, 0.2) is 28.8 Å². The van der Waals surface area contributed by atoms with Crippen molar-refractivity contribution < 1.29 is 5.11 Å². The molecule has 1 aromatic rings. The molecule has 0 unspecified atom stereocenters. The second kappa shape index (κ2) is 6.65. The lowest BCUT2D eigenvalue weighted by Gasteiger charge is -2.14. The Morgan fingerprint density at radius 2 is 2.24 bits per heavy atom. The summed E-state index contributed by atoms with van der Waals surface area (Å²) in [5.74, 6) is 0.0905. The van der Waals surface area contributed by atoms with Crippen molar-refractivity contribution in [1.82, 2.24) is 0 Å². The van der Waals surface area contributed by atoms with Crippen LogP contribution < -0.4 is 5.73 Å². The second-order valence-corrected chi connectivity index (χ2v) is 4.63.